The van der Waals surface area contributed by atoms with E-state index in [9.17, 15) is 0 Å². The molecule has 1 aromatic heterocycles. The van der Waals surface area contributed by atoms with Crippen LogP contribution in [0.25, 0.3) is 0 Å². The molecule has 3 rings (SSSR count). The first-order valence-electron chi connectivity index (χ1n) is 6.57. The van der Waals surface area contributed by atoms with Gasteiger partial charge in [-0.2, -0.15) is 0 Å². The van der Waals surface area contributed by atoms with Gasteiger partial charge in [0.1, 0.15) is 5.75 Å². The van der Waals surface area contributed by atoms with Crippen molar-refractivity contribution in [2.75, 3.05) is 12.3 Å². The van der Waals surface area contributed by atoms with Crippen LogP contribution in [0.5, 0.6) is 5.75 Å². The van der Waals surface area contributed by atoms with Crippen LogP contribution in [0.3, 0.4) is 0 Å². The van der Waals surface area contributed by atoms with E-state index in [0.29, 0.717) is 12.5 Å². The summed E-state index contributed by atoms with van der Waals surface area (Å²) in [5.41, 5.74) is 6.36. The summed E-state index contributed by atoms with van der Waals surface area (Å²) in [6, 6.07) is 7.42. The molecule has 1 aliphatic carbocycles. The van der Waals surface area contributed by atoms with Crippen molar-refractivity contribution in [2.45, 2.75) is 31.7 Å². The van der Waals surface area contributed by atoms with Gasteiger partial charge in [-0.3, -0.25) is 0 Å². The third-order valence-corrected chi connectivity index (χ3v) is 3.17. The molecule has 0 amide bonds. The van der Waals surface area contributed by atoms with E-state index >= 15 is 0 Å². The molecule has 0 unspecified atom stereocenters. The first-order valence-corrected chi connectivity index (χ1v) is 6.57. The van der Waals surface area contributed by atoms with Gasteiger partial charge >= 0.3 is 0 Å². The maximum absolute atomic E-state index is 5.64. The molecule has 1 heterocycles. The number of nitrogens with zero attached hydrogens (tertiary/aromatic N) is 4. The van der Waals surface area contributed by atoms with E-state index in [-0.39, 0.29) is 0 Å². The molecule has 0 radical (unpaired) electrons. The van der Waals surface area contributed by atoms with Crippen LogP contribution >= 0.6 is 0 Å². The Morgan fingerprint density at radius 3 is 2.79 bits per heavy atom. The Labute approximate surface area is 111 Å². The Bertz CT molecular complexity index is 532. The molecule has 2 N–H and O–H groups in total. The Kier molecular flexibility index (Phi) is 3.31. The van der Waals surface area contributed by atoms with Crippen molar-refractivity contribution in [3.63, 3.8) is 0 Å². The van der Waals surface area contributed by atoms with Crippen molar-refractivity contribution in [2.24, 2.45) is 0 Å². The van der Waals surface area contributed by atoms with Crippen molar-refractivity contribution in [1.82, 2.24) is 20.2 Å². The fourth-order valence-corrected chi connectivity index (χ4v) is 1.97. The average molecular weight is 259 g/mol. The zero-order chi connectivity index (χ0) is 13.1. The Morgan fingerprint density at radius 2 is 2.05 bits per heavy atom. The molecule has 19 heavy (non-hydrogen) atoms. The van der Waals surface area contributed by atoms with E-state index in [0.717, 1.165) is 30.2 Å². The van der Waals surface area contributed by atoms with E-state index in [4.69, 9.17) is 10.5 Å². The zero-order valence-electron chi connectivity index (χ0n) is 10.7. The highest BCUT2D eigenvalue weighted by Gasteiger charge is 2.29. The molecule has 6 nitrogen and oxygen atoms in total. The molecule has 1 fully saturated rings. The van der Waals surface area contributed by atoms with Crippen LogP contribution < -0.4 is 10.5 Å². The van der Waals surface area contributed by atoms with Gasteiger partial charge in [-0.1, -0.05) is 0 Å². The number of hydrogen-bond donors (Lipinski definition) is 1. The summed E-state index contributed by atoms with van der Waals surface area (Å²) in [4.78, 5) is 0. The minimum Gasteiger partial charge on any atom is -0.494 e. The highest BCUT2D eigenvalue weighted by molar-refractivity contribution is 5.41. The summed E-state index contributed by atoms with van der Waals surface area (Å²) in [6.07, 6.45) is 3.31. The second-order valence-electron chi connectivity index (χ2n) is 4.81. The van der Waals surface area contributed by atoms with Gasteiger partial charge in [-0.05, 0) is 47.5 Å². The number of tetrazole rings is 1. The van der Waals surface area contributed by atoms with Crippen molar-refractivity contribution in [1.29, 1.82) is 0 Å². The van der Waals surface area contributed by atoms with Crippen LogP contribution in [0.4, 0.5) is 5.69 Å². The molecule has 0 atom stereocenters. The minimum absolute atomic E-state index is 0.577. The molecule has 1 saturated carbocycles. The molecule has 2 aromatic rings. The van der Waals surface area contributed by atoms with E-state index < -0.39 is 0 Å². The Hall–Kier alpha value is -2.11. The molecule has 0 aliphatic heterocycles. The molecule has 100 valence electrons. The van der Waals surface area contributed by atoms with Crippen LogP contribution in [0.2, 0.25) is 0 Å². The maximum atomic E-state index is 5.64. The molecule has 0 saturated heterocycles. The molecule has 0 spiro atoms. The second kappa shape index (κ2) is 5.26. The van der Waals surface area contributed by atoms with Crippen LogP contribution in [-0.2, 0) is 6.54 Å². The Morgan fingerprint density at radius 1 is 1.26 bits per heavy atom. The van der Waals surface area contributed by atoms with Crippen molar-refractivity contribution in [3.05, 3.63) is 30.1 Å². The quantitative estimate of drug-likeness (QED) is 0.629. The van der Waals surface area contributed by atoms with Gasteiger partial charge in [0, 0.05) is 24.6 Å². The number of aromatic nitrogens is 4. The molecule has 0 bridgehead atoms. The smallest absolute Gasteiger partial charge is 0.154 e. The summed E-state index contributed by atoms with van der Waals surface area (Å²) in [5.74, 6) is 2.44. The fraction of sp³-hybridized carbons (Fsp3) is 0.462. The molecule has 1 aliphatic rings. The summed E-state index contributed by atoms with van der Waals surface area (Å²) < 4.78 is 7.53. The lowest BCUT2D eigenvalue weighted by atomic mass is 10.3. The van der Waals surface area contributed by atoms with Crippen LogP contribution in [0.15, 0.2) is 24.3 Å². The number of nitrogen functional groups attached to an aromatic ring is 1. The summed E-state index contributed by atoms with van der Waals surface area (Å²) in [5, 5.41) is 11.8. The number of aryl methyl sites for hydroxylation is 1. The zero-order valence-corrected chi connectivity index (χ0v) is 10.7. The predicted molar refractivity (Wildman–Crippen MR) is 70.8 cm³/mol. The lowest BCUT2D eigenvalue weighted by molar-refractivity contribution is 0.297. The average Bonchev–Trinajstić information content (AvgIpc) is 3.16. The first-order chi connectivity index (χ1) is 9.33. The monoisotopic (exact) mass is 259 g/mol. The lowest BCUT2D eigenvalue weighted by Crippen LogP contribution is -2.09. The van der Waals surface area contributed by atoms with E-state index in [1.54, 1.807) is 0 Å². The van der Waals surface area contributed by atoms with Crippen LogP contribution in [0, 0.1) is 0 Å². The largest absolute Gasteiger partial charge is 0.494 e. The molecular weight excluding hydrogens is 242 g/mol. The van der Waals surface area contributed by atoms with Gasteiger partial charge in [-0.15, -0.1) is 5.10 Å². The summed E-state index contributed by atoms with van der Waals surface area (Å²) in [6.45, 7) is 1.45. The van der Waals surface area contributed by atoms with Gasteiger partial charge in [0.05, 0.1) is 6.61 Å². The summed E-state index contributed by atoms with van der Waals surface area (Å²) >= 11 is 0. The van der Waals surface area contributed by atoms with Crippen molar-refractivity contribution in [3.8, 4) is 5.75 Å². The van der Waals surface area contributed by atoms with Gasteiger partial charge < -0.3 is 10.5 Å². The minimum atomic E-state index is 0.577. The maximum Gasteiger partial charge on any atom is 0.154 e. The van der Waals surface area contributed by atoms with Crippen molar-refractivity contribution >= 4 is 5.69 Å². The normalized spacial score (nSPS) is 14.5. The number of rotatable bonds is 6. The lowest BCUT2D eigenvalue weighted by Gasteiger charge is -2.07. The van der Waals surface area contributed by atoms with Crippen LogP contribution in [0.1, 0.15) is 31.0 Å². The Balaban J connectivity index is 1.45. The standard InChI is InChI=1S/C13H17N5O/c14-11-4-6-12(7-5-11)19-9-1-8-18-13(10-2-3-10)15-16-17-18/h4-7,10H,1-3,8-9,14H2. The molecule has 1 aromatic carbocycles. The van der Waals surface area contributed by atoms with Crippen LogP contribution in [-0.4, -0.2) is 26.8 Å². The summed E-state index contributed by atoms with van der Waals surface area (Å²) in [7, 11) is 0. The second-order valence-corrected chi connectivity index (χ2v) is 4.81. The van der Waals surface area contributed by atoms with Gasteiger partial charge in [-0.25, -0.2) is 4.68 Å². The highest BCUT2D eigenvalue weighted by atomic mass is 16.5. The fourth-order valence-electron chi connectivity index (χ4n) is 1.97. The van der Waals surface area contributed by atoms with Gasteiger partial charge in [0.25, 0.3) is 0 Å². The SMILES string of the molecule is Nc1ccc(OCCCn2nnnc2C2CC2)cc1. The molecular formula is C13H17N5O. The number of ether oxygens (including phenoxy) is 1. The van der Waals surface area contributed by atoms with Gasteiger partial charge in [0.2, 0.25) is 0 Å². The third-order valence-electron chi connectivity index (χ3n) is 3.17. The van der Waals surface area contributed by atoms with E-state index in [1.807, 2.05) is 28.9 Å². The number of hydrogen-bond acceptors (Lipinski definition) is 5. The van der Waals surface area contributed by atoms with Gasteiger partial charge in [0.15, 0.2) is 5.82 Å². The molecule has 6 heteroatoms. The van der Waals surface area contributed by atoms with E-state index in [2.05, 4.69) is 15.5 Å². The predicted octanol–water partition coefficient (Wildman–Crippen LogP) is 1.60. The van der Waals surface area contributed by atoms with E-state index in [1.165, 1.54) is 12.8 Å². The number of nitrogens with two attached hydrogens (primary N) is 1. The highest BCUT2D eigenvalue weighted by Crippen LogP contribution is 2.38. The number of anilines is 1. The van der Waals surface area contributed by atoms with Crippen molar-refractivity contribution < 1.29 is 4.74 Å². The third kappa shape index (κ3) is 3.01. The topological polar surface area (TPSA) is 78.9 Å². The first kappa shape index (κ1) is 12.0. The number of benzene rings is 1.